The summed E-state index contributed by atoms with van der Waals surface area (Å²) >= 11 is 2.08. The highest BCUT2D eigenvalue weighted by Crippen LogP contribution is 2.30. The zero-order chi connectivity index (χ0) is 12.3. The molecule has 1 aliphatic heterocycles. The van der Waals surface area contributed by atoms with Crippen molar-refractivity contribution in [2.75, 3.05) is 31.2 Å². The van der Waals surface area contributed by atoms with Gasteiger partial charge in [-0.2, -0.15) is 11.8 Å². The molecule has 1 aliphatic rings. The van der Waals surface area contributed by atoms with E-state index in [1.54, 1.807) is 0 Å². The van der Waals surface area contributed by atoms with Crippen LogP contribution in [0.4, 0.5) is 5.82 Å². The highest BCUT2D eigenvalue weighted by atomic mass is 32.2. The molecule has 2 rings (SSSR count). The molecule has 0 atom stereocenters. The summed E-state index contributed by atoms with van der Waals surface area (Å²) in [5.41, 5.74) is 1.34. The third-order valence-corrected chi connectivity index (χ3v) is 4.29. The van der Waals surface area contributed by atoms with Gasteiger partial charge in [-0.3, -0.25) is 4.90 Å². The minimum Gasteiger partial charge on any atom is -0.373 e. The molecule has 2 heterocycles. The zero-order valence-electron chi connectivity index (χ0n) is 10.9. The topological polar surface area (TPSA) is 28.2 Å². The van der Waals surface area contributed by atoms with E-state index in [0.717, 1.165) is 18.9 Å². The number of anilines is 1. The van der Waals surface area contributed by atoms with Gasteiger partial charge in [-0.1, -0.05) is 0 Å². The van der Waals surface area contributed by atoms with Crippen LogP contribution in [0.1, 0.15) is 19.4 Å². The van der Waals surface area contributed by atoms with Crippen molar-refractivity contribution in [3.8, 4) is 0 Å². The molecule has 1 aromatic heterocycles. The summed E-state index contributed by atoms with van der Waals surface area (Å²) in [6.45, 7) is 8.03. The molecule has 94 valence electrons. The molecular weight excluding hydrogens is 230 g/mol. The van der Waals surface area contributed by atoms with Gasteiger partial charge in [0.2, 0.25) is 0 Å². The Kier molecular flexibility index (Phi) is 3.94. The Morgan fingerprint density at radius 3 is 3.06 bits per heavy atom. The minimum absolute atomic E-state index is 0.386. The average molecular weight is 251 g/mol. The molecule has 1 N–H and O–H groups in total. The summed E-state index contributed by atoms with van der Waals surface area (Å²) in [7, 11) is 1.91. The van der Waals surface area contributed by atoms with Gasteiger partial charge < -0.3 is 5.32 Å². The third-order valence-electron chi connectivity index (χ3n) is 2.99. The Balaban J connectivity index is 2.00. The van der Waals surface area contributed by atoms with Crippen molar-refractivity contribution in [2.24, 2.45) is 0 Å². The Labute approximate surface area is 108 Å². The number of thioether (sulfide) groups is 1. The van der Waals surface area contributed by atoms with Crippen molar-refractivity contribution in [1.29, 1.82) is 0 Å². The summed E-state index contributed by atoms with van der Waals surface area (Å²) < 4.78 is 0.386. The van der Waals surface area contributed by atoms with Crippen molar-refractivity contribution in [1.82, 2.24) is 9.88 Å². The lowest BCUT2D eigenvalue weighted by Crippen LogP contribution is -2.42. The van der Waals surface area contributed by atoms with E-state index in [1.807, 2.05) is 13.2 Å². The van der Waals surface area contributed by atoms with Gasteiger partial charge >= 0.3 is 0 Å². The van der Waals surface area contributed by atoms with E-state index in [0.29, 0.717) is 4.75 Å². The number of nitrogens with one attached hydrogen (secondary N) is 1. The minimum atomic E-state index is 0.386. The van der Waals surface area contributed by atoms with E-state index >= 15 is 0 Å². The highest BCUT2D eigenvalue weighted by Gasteiger charge is 2.26. The van der Waals surface area contributed by atoms with Crippen LogP contribution in [0.2, 0.25) is 0 Å². The number of pyridine rings is 1. The van der Waals surface area contributed by atoms with Gasteiger partial charge in [0, 0.05) is 43.4 Å². The fourth-order valence-corrected chi connectivity index (χ4v) is 3.39. The second kappa shape index (κ2) is 5.27. The first kappa shape index (κ1) is 12.7. The summed E-state index contributed by atoms with van der Waals surface area (Å²) in [4.78, 5) is 6.78. The Hall–Kier alpha value is -0.740. The number of rotatable bonds is 3. The molecule has 0 spiro atoms. The lowest BCUT2D eigenvalue weighted by atomic mass is 10.1. The highest BCUT2D eigenvalue weighted by molar-refractivity contribution is 8.00. The molecule has 1 aromatic rings. The van der Waals surface area contributed by atoms with Crippen LogP contribution in [0.25, 0.3) is 0 Å². The van der Waals surface area contributed by atoms with Crippen LogP contribution in [0.3, 0.4) is 0 Å². The van der Waals surface area contributed by atoms with Gasteiger partial charge in [-0.25, -0.2) is 4.98 Å². The number of hydrogen-bond acceptors (Lipinski definition) is 4. The van der Waals surface area contributed by atoms with Crippen LogP contribution < -0.4 is 5.32 Å². The van der Waals surface area contributed by atoms with Crippen LogP contribution in [0, 0.1) is 0 Å². The van der Waals surface area contributed by atoms with Gasteiger partial charge in [-0.05, 0) is 31.5 Å². The fourth-order valence-electron chi connectivity index (χ4n) is 2.22. The average Bonchev–Trinajstić information content (AvgIpc) is 2.28. The lowest BCUT2D eigenvalue weighted by molar-refractivity contribution is 0.252. The van der Waals surface area contributed by atoms with Crippen molar-refractivity contribution in [3.05, 3.63) is 23.9 Å². The largest absolute Gasteiger partial charge is 0.373 e. The third kappa shape index (κ3) is 3.61. The van der Waals surface area contributed by atoms with Crippen LogP contribution >= 0.6 is 11.8 Å². The van der Waals surface area contributed by atoms with Crippen molar-refractivity contribution in [3.63, 3.8) is 0 Å². The normalized spacial score (nSPS) is 20.2. The van der Waals surface area contributed by atoms with Crippen LogP contribution in [0.15, 0.2) is 18.3 Å². The van der Waals surface area contributed by atoms with E-state index in [-0.39, 0.29) is 0 Å². The fraction of sp³-hybridized carbons (Fsp3) is 0.615. The Bertz CT molecular complexity index is 379. The summed E-state index contributed by atoms with van der Waals surface area (Å²) in [6, 6.07) is 4.24. The molecule has 1 fully saturated rings. The zero-order valence-corrected chi connectivity index (χ0v) is 11.7. The first-order valence-corrected chi connectivity index (χ1v) is 7.07. The number of hydrogen-bond donors (Lipinski definition) is 1. The number of aromatic nitrogens is 1. The van der Waals surface area contributed by atoms with Crippen LogP contribution in [-0.4, -0.2) is 40.5 Å². The monoisotopic (exact) mass is 251 g/mol. The smallest absolute Gasteiger partial charge is 0.125 e. The molecule has 3 nitrogen and oxygen atoms in total. The summed E-state index contributed by atoms with van der Waals surface area (Å²) in [6.07, 6.45) is 1.88. The summed E-state index contributed by atoms with van der Waals surface area (Å²) in [5, 5.41) is 3.09. The maximum atomic E-state index is 4.25. The van der Waals surface area contributed by atoms with Gasteiger partial charge in [0.05, 0.1) is 0 Å². The van der Waals surface area contributed by atoms with Crippen molar-refractivity contribution >= 4 is 17.6 Å². The van der Waals surface area contributed by atoms with E-state index in [9.17, 15) is 0 Å². The van der Waals surface area contributed by atoms with Gasteiger partial charge in [0.15, 0.2) is 0 Å². The van der Waals surface area contributed by atoms with E-state index in [1.165, 1.54) is 17.9 Å². The molecule has 0 aliphatic carbocycles. The molecule has 17 heavy (non-hydrogen) atoms. The first-order valence-electron chi connectivity index (χ1n) is 6.08. The molecule has 0 amide bonds. The lowest BCUT2D eigenvalue weighted by Gasteiger charge is -2.37. The predicted molar refractivity (Wildman–Crippen MR) is 75.6 cm³/mol. The summed E-state index contributed by atoms with van der Waals surface area (Å²) in [5.74, 6) is 2.19. The molecular formula is C13H21N3S. The van der Waals surface area contributed by atoms with Crippen LogP contribution in [0.5, 0.6) is 0 Å². The standard InChI is InChI=1S/C13H21N3S/c1-13(2)10-16(6-7-17-13)9-11-4-5-15-12(8-11)14-3/h4-5,8H,6-7,9-10H2,1-3H3,(H,14,15). The quantitative estimate of drug-likeness (QED) is 0.893. The Morgan fingerprint density at radius 1 is 1.53 bits per heavy atom. The van der Waals surface area contributed by atoms with Gasteiger partial charge in [-0.15, -0.1) is 0 Å². The molecule has 4 heteroatoms. The first-order chi connectivity index (χ1) is 8.09. The van der Waals surface area contributed by atoms with E-state index < -0.39 is 0 Å². The predicted octanol–water partition coefficient (Wildman–Crippen LogP) is 2.45. The number of nitrogens with zero attached hydrogens (tertiary/aromatic N) is 2. The molecule has 1 saturated heterocycles. The second-order valence-corrected chi connectivity index (χ2v) is 6.92. The van der Waals surface area contributed by atoms with Crippen molar-refractivity contribution < 1.29 is 0 Å². The SMILES string of the molecule is CNc1cc(CN2CCSC(C)(C)C2)ccn1. The van der Waals surface area contributed by atoms with Gasteiger partial charge in [0.25, 0.3) is 0 Å². The molecule has 0 radical (unpaired) electrons. The van der Waals surface area contributed by atoms with E-state index in [4.69, 9.17) is 0 Å². The molecule has 0 bridgehead atoms. The van der Waals surface area contributed by atoms with Gasteiger partial charge in [0.1, 0.15) is 5.82 Å². The van der Waals surface area contributed by atoms with Crippen molar-refractivity contribution in [2.45, 2.75) is 25.1 Å². The van der Waals surface area contributed by atoms with Crippen LogP contribution in [-0.2, 0) is 6.54 Å². The molecule has 0 unspecified atom stereocenters. The molecule has 0 aromatic carbocycles. The maximum Gasteiger partial charge on any atom is 0.125 e. The Morgan fingerprint density at radius 2 is 2.35 bits per heavy atom. The molecule has 0 saturated carbocycles. The van der Waals surface area contributed by atoms with E-state index in [2.05, 4.69) is 52.9 Å². The maximum absolute atomic E-state index is 4.25. The second-order valence-electron chi connectivity index (χ2n) is 5.12.